The number of hydrogen-bond donors (Lipinski definition) is 0. The SMILES string of the molecule is CC(C)N1C[C@@]2(CCCN(c3noc(-c4ccccc4)n3)C2)CCC1=O. The van der Waals surface area contributed by atoms with Crippen LogP contribution in [0.1, 0.15) is 39.5 Å². The van der Waals surface area contributed by atoms with Gasteiger partial charge in [-0.05, 0) is 50.4 Å². The van der Waals surface area contributed by atoms with Crippen LogP contribution in [0.5, 0.6) is 0 Å². The van der Waals surface area contributed by atoms with E-state index in [0.717, 1.165) is 44.5 Å². The molecule has 4 rings (SSSR count). The van der Waals surface area contributed by atoms with Crippen LogP contribution in [-0.2, 0) is 4.79 Å². The predicted octanol–water partition coefficient (Wildman–Crippen LogP) is 3.35. The zero-order chi connectivity index (χ0) is 18.1. The van der Waals surface area contributed by atoms with Gasteiger partial charge in [-0.3, -0.25) is 4.79 Å². The van der Waals surface area contributed by atoms with E-state index in [2.05, 4.69) is 28.9 Å². The number of aromatic nitrogens is 2. The summed E-state index contributed by atoms with van der Waals surface area (Å²) in [7, 11) is 0. The molecule has 0 bridgehead atoms. The topological polar surface area (TPSA) is 62.5 Å². The molecule has 1 aromatic heterocycles. The normalized spacial score (nSPS) is 23.9. The molecule has 0 unspecified atom stereocenters. The van der Waals surface area contributed by atoms with Crippen LogP contribution in [0.3, 0.4) is 0 Å². The third-order valence-electron chi connectivity index (χ3n) is 5.70. The number of piperidine rings is 2. The molecule has 0 radical (unpaired) electrons. The highest BCUT2D eigenvalue weighted by atomic mass is 16.5. The molecule has 1 spiro atoms. The summed E-state index contributed by atoms with van der Waals surface area (Å²) in [5, 5.41) is 4.22. The first kappa shape index (κ1) is 17.1. The van der Waals surface area contributed by atoms with Gasteiger partial charge in [-0.25, -0.2) is 0 Å². The van der Waals surface area contributed by atoms with Gasteiger partial charge in [0.15, 0.2) is 0 Å². The van der Waals surface area contributed by atoms with Crippen molar-refractivity contribution < 1.29 is 9.32 Å². The van der Waals surface area contributed by atoms with Gasteiger partial charge in [0, 0.05) is 43.1 Å². The minimum absolute atomic E-state index is 0.143. The van der Waals surface area contributed by atoms with E-state index in [1.165, 1.54) is 0 Å². The Kier molecular flexibility index (Phi) is 4.42. The van der Waals surface area contributed by atoms with Crippen molar-refractivity contribution in [2.75, 3.05) is 24.5 Å². The van der Waals surface area contributed by atoms with Crippen molar-refractivity contribution in [3.63, 3.8) is 0 Å². The Balaban J connectivity index is 1.52. The Hall–Kier alpha value is -2.37. The lowest BCUT2D eigenvalue weighted by molar-refractivity contribution is -0.140. The second-order valence-electron chi connectivity index (χ2n) is 7.91. The van der Waals surface area contributed by atoms with Crippen LogP contribution in [0.2, 0.25) is 0 Å². The van der Waals surface area contributed by atoms with Crippen LogP contribution in [0, 0.1) is 5.41 Å². The minimum Gasteiger partial charge on any atom is -0.340 e. The summed E-state index contributed by atoms with van der Waals surface area (Å²) >= 11 is 0. The summed E-state index contributed by atoms with van der Waals surface area (Å²) in [5.74, 6) is 1.51. The van der Waals surface area contributed by atoms with Gasteiger partial charge in [0.05, 0.1) is 0 Å². The molecule has 2 aliphatic heterocycles. The van der Waals surface area contributed by atoms with E-state index in [1.54, 1.807) is 0 Å². The molecule has 6 nitrogen and oxygen atoms in total. The van der Waals surface area contributed by atoms with Crippen LogP contribution >= 0.6 is 0 Å². The van der Waals surface area contributed by atoms with Gasteiger partial charge in [-0.2, -0.15) is 4.98 Å². The maximum Gasteiger partial charge on any atom is 0.266 e. The van der Waals surface area contributed by atoms with E-state index >= 15 is 0 Å². The van der Waals surface area contributed by atoms with E-state index in [4.69, 9.17) is 4.52 Å². The molecule has 0 saturated carbocycles. The molecule has 1 amide bonds. The smallest absolute Gasteiger partial charge is 0.266 e. The second-order valence-corrected chi connectivity index (χ2v) is 7.91. The zero-order valence-electron chi connectivity index (χ0n) is 15.5. The molecular weight excluding hydrogens is 328 g/mol. The molecule has 0 aliphatic carbocycles. The molecule has 138 valence electrons. The molecule has 6 heteroatoms. The first-order valence-electron chi connectivity index (χ1n) is 9.50. The fourth-order valence-electron chi connectivity index (χ4n) is 4.27. The predicted molar refractivity (Wildman–Crippen MR) is 99.7 cm³/mol. The van der Waals surface area contributed by atoms with Crippen LogP contribution in [0.15, 0.2) is 34.9 Å². The molecule has 2 aromatic rings. The monoisotopic (exact) mass is 354 g/mol. The lowest BCUT2D eigenvalue weighted by Gasteiger charge is -2.49. The van der Waals surface area contributed by atoms with Crippen molar-refractivity contribution in [2.45, 2.75) is 45.6 Å². The highest BCUT2D eigenvalue weighted by Gasteiger charge is 2.43. The molecular formula is C20H26N4O2. The molecule has 0 N–H and O–H groups in total. The van der Waals surface area contributed by atoms with Crippen molar-refractivity contribution in [3.05, 3.63) is 30.3 Å². The van der Waals surface area contributed by atoms with Crippen LogP contribution < -0.4 is 4.90 Å². The van der Waals surface area contributed by atoms with Gasteiger partial charge in [-0.1, -0.05) is 18.2 Å². The Bertz CT molecular complexity index is 773. The highest BCUT2D eigenvalue weighted by molar-refractivity contribution is 5.77. The number of amides is 1. The maximum absolute atomic E-state index is 12.2. The van der Waals surface area contributed by atoms with Crippen molar-refractivity contribution in [2.24, 2.45) is 5.41 Å². The highest BCUT2D eigenvalue weighted by Crippen LogP contribution is 2.40. The standard InChI is InChI=1S/C20H26N4O2/c1-15(2)24-14-20(11-9-17(24)25)10-6-12-23(13-20)19-21-18(26-22-19)16-7-4-3-5-8-16/h3-5,7-8,15H,6,9-14H2,1-2H3/t20-/m0/s1. The minimum atomic E-state index is 0.143. The quantitative estimate of drug-likeness (QED) is 0.846. The third kappa shape index (κ3) is 3.20. The van der Waals surface area contributed by atoms with Crippen LogP contribution in [-0.4, -0.2) is 46.6 Å². The van der Waals surface area contributed by atoms with Gasteiger partial charge in [0.25, 0.3) is 11.8 Å². The van der Waals surface area contributed by atoms with Crippen molar-refractivity contribution in [1.82, 2.24) is 15.0 Å². The lowest BCUT2D eigenvalue weighted by atomic mass is 9.73. The van der Waals surface area contributed by atoms with Crippen molar-refractivity contribution in [3.8, 4) is 11.5 Å². The molecule has 2 saturated heterocycles. The largest absolute Gasteiger partial charge is 0.340 e. The molecule has 1 atom stereocenters. The number of likely N-dealkylation sites (tertiary alicyclic amines) is 1. The Morgan fingerprint density at radius 3 is 2.73 bits per heavy atom. The van der Waals surface area contributed by atoms with Gasteiger partial charge < -0.3 is 14.3 Å². The Morgan fingerprint density at radius 2 is 1.96 bits per heavy atom. The Labute approximate surface area is 154 Å². The number of rotatable bonds is 3. The van der Waals surface area contributed by atoms with E-state index < -0.39 is 0 Å². The molecule has 1 aromatic carbocycles. The summed E-state index contributed by atoms with van der Waals surface area (Å²) in [6, 6.07) is 10.1. The summed E-state index contributed by atoms with van der Waals surface area (Å²) < 4.78 is 5.49. The summed E-state index contributed by atoms with van der Waals surface area (Å²) in [6.07, 6.45) is 3.85. The van der Waals surface area contributed by atoms with E-state index in [9.17, 15) is 4.79 Å². The van der Waals surface area contributed by atoms with Crippen molar-refractivity contribution in [1.29, 1.82) is 0 Å². The second kappa shape index (κ2) is 6.74. The van der Waals surface area contributed by atoms with E-state index in [1.807, 2.05) is 35.2 Å². The fourth-order valence-corrected chi connectivity index (χ4v) is 4.27. The van der Waals surface area contributed by atoms with Gasteiger partial charge >= 0.3 is 0 Å². The molecule has 2 aliphatic rings. The van der Waals surface area contributed by atoms with E-state index in [0.29, 0.717) is 18.3 Å². The number of carbonyl (C=O) groups excluding carboxylic acids is 1. The van der Waals surface area contributed by atoms with Crippen LogP contribution in [0.25, 0.3) is 11.5 Å². The summed E-state index contributed by atoms with van der Waals surface area (Å²) in [5.41, 5.74) is 1.08. The lowest BCUT2D eigenvalue weighted by Crippen LogP contribution is -2.55. The van der Waals surface area contributed by atoms with Gasteiger partial charge in [0.1, 0.15) is 0 Å². The van der Waals surface area contributed by atoms with E-state index in [-0.39, 0.29) is 17.4 Å². The average molecular weight is 354 g/mol. The number of benzene rings is 1. The average Bonchev–Trinajstić information content (AvgIpc) is 3.15. The third-order valence-corrected chi connectivity index (χ3v) is 5.70. The number of anilines is 1. The number of carbonyl (C=O) groups is 1. The first-order chi connectivity index (χ1) is 12.6. The number of nitrogens with zero attached hydrogens (tertiary/aromatic N) is 4. The molecule has 26 heavy (non-hydrogen) atoms. The molecule has 3 heterocycles. The zero-order valence-corrected chi connectivity index (χ0v) is 15.5. The maximum atomic E-state index is 12.2. The van der Waals surface area contributed by atoms with Gasteiger partial charge in [0.2, 0.25) is 5.91 Å². The number of hydrogen-bond acceptors (Lipinski definition) is 5. The summed E-state index contributed by atoms with van der Waals surface area (Å²) in [6.45, 7) is 6.86. The van der Waals surface area contributed by atoms with Gasteiger partial charge in [-0.15, -0.1) is 0 Å². The molecule has 2 fully saturated rings. The van der Waals surface area contributed by atoms with Crippen LogP contribution in [0.4, 0.5) is 5.95 Å². The van der Waals surface area contributed by atoms with Crippen molar-refractivity contribution >= 4 is 11.9 Å². The Morgan fingerprint density at radius 1 is 1.15 bits per heavy atom. The summed E-state index contributed by atoms with van der Waals surface area (Å²) in [4.78, 5) is 21.1. The fraction of sp³-hybridized carbons (Fsp3) is 0.550. The first-order valence-corrected chi connectivity index (χ1v) is 9.50.